The first kappa shape index (κ1) is 19.5. The number of benzene rings is 3. The summed E-state index contributed by atoms with van der Waals surface area (Å²) in [5.74, 6) is 0.525. The van der Waals surface area contributed by atoms with Crippen LogP contribution in [0.25, 0.3) is 22.6 Å². The number of nitrogens with zero attached hydrogens (tertiary/aromatic N) is 1. The Kier molecular flexibility index (Phi) is 4.91. The predicted molar refractivity (Wildman–Crippen MR) is 116 cm³/mol. The third-order valence-corrected chi connectivity index (χ3v) is 5.14. The molecule has 0 saturated heterocycles. The van der Waals surface area contributed by atoms with Crippen molar-refractivity contribution in [3.8, 4) is 23.0 Å². The Labute approximate surface area is 174 Å². The third kappa shape index (κ3) is 3.48. The fourth-order valence-corrected chi connectivity index (χ4v) is 3.34. The molecule has 1 amide bonds. The third-order valence-electron chi connectivity index (χ3n) is 5.14. The number of aromatic nitrogens is 1. The van der Waals surface area contributed by atoms with Crippen molar-refractivity contribution in [1.29, 1.82) is 0 Å². The molecule has 0 atom stereocenters. The van der Waals surface area contributed by atoms with Crippen LogP contribution in [0.4, 0.5) is 5.69 Å². The van der Waals surface area contributed by atoms with E-state index in [1.165, 1.54) is 7.11 Å². The molecule has 1 aromatic heterocycles. The second-order valence-electron chi connectivity index (χ2n) is 7.27. The summed E-state index contributed by atoms with van der Waals surface area (Å²) in [5, 5.41) is 13.5. The van der Waals surface area contributed by atoms with Crippen LogP contribution in [0, 0.1) is 20.8 Å². The van der Waals surface area contributed by atoms with Crippen molar-refractivity contribution >= 4 is 22.7 Å². The van der Waals surface area contributed by atoms with Crippen LogP contribution < -0.4 is 10.1 Å². The molecule has 6 heteroatoms. The zero-order chi connectivity index (χ0) is 21.4. The molecule has 4 aromatic rings. The second kappa shape index (κ2) is 7.55. The summed E-state index contributed by atoms with van der Waals surface area (Å²) >= 11 is 0. The number of nitrogens with one attached hydrogen (secondary N) is 1. The van der Waals surface area contributed by atoms with Gasteiger partial charge in [0.25, 0.3) is 5.91 Å². The summed E-state index contributed by atoms with van der Waals surface area (Å²) < 4.78 is 11.2. The van der Waals surface area contributed by atoms with Crippen molar-refractivity contribution in [2.24, 2.45) is 0 Å². The Morgan fingerprint density at radius 3 is 2.53 bits per heavy atom. The Balaban J connectivity index is 1.73. The van der Waals surface area contributed by atoms with Crippen molar-refractivity contribution < 1.29 is 19.1 Å². The van der Waals surface area contributed by atoms with Gasteiger partial charge < -0.3 is 19.6 Å². The summed E-state index contributed by atoms with van der Waals surface area (Å²) in [5.41, 5.74) is 5.52. The molecule has 3 aromatic carbocycles. The highest BCUT2D eigenvalue weighted by atomic mass is 16.5. The first-order chi connectivity index (χ1) is 14.4. The van der Waals surface area contributed by atoms with Crippen LogP contribution >= 0.6 is 0 Å². The predicted octanol–water partition coefficient (Wildman–Crippen LogP) is 5.39. The Morgan fingerprint density at radius 1 is 1.03 bits per heavy atom. The molecule has 0 aliphatic carbocycles. The van der Waals surface area contributed by atoms with E-state index >= 15 is 0 Å². The van der Waals surface area contributed by atoms with Crippen molar-refractivity contribution in [2.45, 2.75) is 20.8 Å². The van der Waals surface area contributed by atoms with Gasteiger partial charge in [0.05, 0.1) is 18.2 Å². The number of hydrogen-bond donors (Lipinski definition) is 2. The van der Waals surface area contributed by atoms with Gasteiger partial charge in [-0.25, -0.2) is 4.98 Å². The number of phenols is 1. The van der Waals surface area contributed by atoms with Gasteiger partial charge in [-0.05, 0) is 73.9 Å². The van der Waals surface area contributed by atoms with Gasteiger partial charge in [0.2, 0.25) is 5.89 Å². The number of oxazole rings is 1. The Morgan fingerprint density at radius 2 is 1.77 bits per heavy atom. The molecule has 0 aliphatic rings. The van der Waals surface area contributed by atoms with E-state index in [2.05, 4.69) is 10.3 Å². The quantitative estimate of drug-likeness (QED) is 0.447. The lowest BCUT2D eigenvalue weighted by atomic mass is 10.1. The van der Waals surface area contributed by atoms with E-state index in [-0.39, 0.29) is 11.7 Å². The lowest BCUT2D eigenvalue weighted by Gasteiger charge is -2.12. The Hall–Kier alpha value is -3.80. The maximum absolute atomic E-state index is 12.8. The van der Waals surface area contributed by atoms with E-state index in [0.717, 1.165) is 11.1 Å². The number of ether oxygens (including phenoxy) is 1. The molecule has 4 rings (SSSR count). The molecule has 0 bridgehead atoms. The minimum atomic E-state index is -0.313. The fourth-order valence-electron chi connectivity index (χ4n) is 3.34. The molecular weight excluding hydrogens is 380 g/mol. The largest absolute Gasteiger partial charge is 0.507 e. The van der Waals surface area contributed by atoms with Crippen molar-refractivity contribution in [2.75, 3.05) is 12.4 Å². The lowest BCUT2D eigenvalue weighted by Crippen LogP contribution is -2.13. The van der Waals surface area contributed by atoms with Gasteiger partial charge >= 0.3 is 0 Å². The number of amides is 1. The zero-order valence-electron chi connectivity index (χ0n) is 17.2. The van der Waals surface area contributed by atoms with Crippen LogP contribution in [0.2, 0.25) is 0 Å². The smallest absolute Gasteiger partial charge is 0.259 e. The number of methoxy groups -OCH3 is 1. The molecule has 1 heterocycles. The minimum Gasteiger partial charge on any atom is -0.507 e. The first-order valence-corrected chi connectivity index (χ1v) is 9.53. The average molecular weight is 402 g/mol. The fraction of sp³-hybridized carbons (Fsp3) is 0.167. The molecular formula is C24H22N2O4. The van der Waals surface area contributed by atoms with Crippen LogP contribution in [-0.4, -0.2) is 23.1 Å². The number of para-hydroxylation sites is 1. The molecule has 0 fully saturated rings. The molecule has 0 spiro atoms. The van der Waals surface area contributed by atoms with Crippen LogP contribution in [0.15, 0.2) is 52.9 Å². The lowest BCUT2D eigenvalue weighted by molar-refractivity contribution is 0.102. The molecule has 0 saturated carbocycles. The molecule has 0 aliphatic heterocycles. The van der Waals surface area contributed by atoms with Gasteiger partial charge in [-0.2, -0.15) is 0 Å². The Bertz CT molecular complexity index is 1230. The van der Waals surface area contributed by atoms with Crippen molar-refractivity contribution in [3.05, 3.63) is 70.8 Å². The maximum Gasteiger partial charge on any atom is 0.259 e. The van der Waals surface area contributed by atoms with Crippen LogP contribution in [0.5, 0.6) is 11.5 Å². The topological polar surface area (TPSA) is 84.6 Å². The van der Waals surface area contributed by atoms with E-state index in [4.69, 9.17) is 9.15 Å². The van der Waals surface area contributed by atoms with Crippen LogP contribution in [0.1, 0.15) is 27.0 Å². The van der Waals surface area contributed by atoms with E-state index < -0.39 is 0 Å². The monoisotopic (exact) mass is 402 g/mol. The van der Waals surface area contributed by atoms with Gasteiger partial charge in [0.15, 0.2) is 5.58 Å². The normalized spacial score (nSPS) is 10.9. The molecule has 30 heavy (non-hydrogen) atoms. The van der Waals surface area contributed by atoms with Gasteiger partial charge in [-0.1, -0.05) is 12.1 Å². The summed E-state index contributed by atoms with van der Waals surface area (Å²) in [6.07, 6.45) is 0. The SMILES string of the molecule is COc1ccccc1C(=O)Nc1cc(C)c(O)c(-c2nc3cc(C)c(C)cc3o2)c1. The molecule has 2 N–H and O–H groups in total. The molecule has 0 unspecified atom stereocenters. The van der Waals surface area contributed by atoms with E-state index in [0.29, 0.717) is 45.1 Å². The number of aromatic hydroxyl groups is 1. The van der Waals surface area contributed by atoms with E-state index in [9.17, 15) is 9.90 Å². The standard InChI is InChI=1S/C24H22N2O4/c1-13-10-19-21(11-14(13)2)30-24(26-19)18-12-16(9-15(3)22(18)27)25-23(28)17-7-5-6-8-20(17)29-4/h5-12,27H,1-4H3,(H,25,28). The van der Waals surface area contributed by atoms with Crippen molar-refractivity contribution in [1.82, 2.24) is 4.98 Å². The number of rotatable bonds is 4. The highest BCUT2D eigenvalue weighted by Gasteiger charge is 2.18. The molecule has 6 nitrogen and oxygen atoms in total. The summed E-state index contributed by atoms with van der Waals surface area (Å²) in [4.78, 5) is 17.3. The van der Waals surface area contributed by atoms with Gasteiger partial charge in [0.1, 0.15) is 17.0 Å². The second-order valence-corrected chi connectivity index (χ2v) is 7.27. The number of anilines is 1. The van der Waals surface area contributed by atoms with Crippen LogP contribution in [-0.2, 0) is 0 Å². The average Bonchev–Trinajstić information content (AvgIpc) is 3.13. The van der Waals surface area contributed by atoms with E-state index in [1.807, 2.05) is 26.0 Å². The van der Waals surface area contributed by atoms with E-state index in [1.54, 1.807) is 43.3 Å². The number of carbonyl (C=O) groups is 1. The highest BCUT2D eigenvalue weighted by molar-refractivity contribution is 6.06. The van der Waals surface area contributed by atoms with Crippen molar-refractivity contribution in [3.63, 3.8) is 0 Å². The van der Waals surface area contributed by atoms with Gasteiger partial charge in [0, 0.05) is 5.69 Å². The van der Waals surface area contributed by atoms with Crippen LogP contribution in [0.3, 0.4) is 0 Å². The number of fused-ring (bicyclic) bond motifs is 1. The summed E-state index contributed by atoms with van der Waals surface area (Å²) in [7, 11) is 1.52. The summed E-state index contributed by atoms with van der Waals surface area (Å²) in [6, 6.07) is 14.2. The first-order valence-electron chi connectivity index (χ1n) is 9.53. The maximum atomic E-state index is 12.8. The number of hydrogen-bond acceptors (Lipinski definition) is 5. The van der Waals surface area contributed by atoms with Gasteiger partial charge in [-0.15, -0.1) is 0 Å². The number of phenolic OH excluding ortho intramolecular Hbond substituents is 1. The molecule has 0 radical (unpaired) electrons. The summed E-state index contributed by atoms with van der Waals surface area (Å²) in [6.45, 7) is 5.78. The highest BCUT2D eigenvalue weighted by Crippen LogP contribution is 2.36. The minimum absolute atomic E-state index is 0.0605. The molecule has 152 valence electrons. The number of carbonyl (C=O) groups excluding carboxylic acids is 1. The van der Waals surface area contributed by atoms with Gasteiger partial charge in [-0.3, -0.25) is 4.79 Å². The zero-order valence-corrected chi connectivity index (χ0v) is 17.2. The number of aryl methyl sites for hydroxylation is 3.